The molecule has 3 rings (SSSR count). The molecule has 1 unspecified atom stereocenters. The molecule has 6 nitrogen and oxygen atoms in total. The number of esters is 1. The predicted molar refractivity (Wildman–Crippen MR) is 122 cm³/mol. The third-order valence-corrected chi connectivity index (χ3v) is 5.37. The van der Waals surface area contributed by atoms with E-state index in [0.29, 0.717) is 29.9 Å². The standard InChI is InChI=1S/C26H28N2O4/c1-17-23(19(3)29)18(2)27-24(17)26(31)32-20(4)25(30)28(15-21-11-7-5-8-12-21)16-22-13-9-6-10-14-22/h5-14,20,27H,15-16H2,1-4H3. The fraction of sp³-hybridized carbons (Fsp3) is 0.269. The van der Waals surface area contributed by atoms with E-state index in [0.717, 1.165) is 11.1 Å². The van der Waals surface area contributed by atoms with E-state index in [-0.39, 0.29) is 17.4 Å². The van der Waals surface area contributed by atoms with Gasteiger partial charge in [0.05, 0.1) is 0 Å². The van der Waals surface area contributed by atoms with Crippen LogP contribution < -0.4 is 0 Å². The molecular weight excluding hydrogens is 404 g/mol. The molecule has 0 saturated carbocycles. The van der Waals surface area contributed by atoms with Gasteiger partial charge in [-0.2, -0.15) is 0 Å². The molecule has 3 aromatic rings. The normalized spacial score (nSPS) is 11.6. The Morgan fingerprint density at radius 1 is 0.906 bits per heavy atom. The lowest BCUT2D eigenvalue weighted by Gasteiger charge is -2.26. The summed E-state index contributed by atoms with van der Waals surface area (Å²) in [4.78, 5) is 42.5. The van der Waals surface area contributed by atoms with Gasteiger partial charge in [-0.25, -0.2) is 4.79 Å². The predicted octanol–water partition coefficient (Wildman–Crippen LogP) is 4.61. The number of carbonyl (C=O) groups is 3. The Balaban J connectivity index is 1.78. The lowest BCUT2D eigenvalue weighted by Crippen LogP contribution is -2.39. The molecule has 0 fully saturated rings. The number of hydrogen-bond donors (Lipinski definition) is 1. The van der Waals surface area contributed by atoms with Crippen molar-refractivity contribution in [2.24, 2.45) is 0 Å². The molecule has 0 aliphatic carbocycles. The summed E-state index contributed by atoms with van der Waals surface area (Å²) in [6, 6.07) is 19.4. The van der Waals surface area contributed by atoms with E-state index in [1.54, 1.807) is 25.7 Å². The first-order valence-corrected chi connectivity index (χ1v) is 10.6. The van der Waals surface area contributed by atoms with Crippen molar-refractivity contribution in [1.29, 1.82) is 0 Å². The molecule has 1 atom stereocenters. The van der Waals surface area contributed by atoms with E-state index >= 15 is 0 Å². The Hall–Kier alpha value is -3.67. The number of ether oxygens (including phenoxy) is 1. The van der Waals surface area contributed by atoms with Crippen molar-refractivity contribution >= 4 is 17.7 Å². The SMILES string of the molecule is CC(=O)c1c(C)[nH]c(C(=O)OC(C)C(=O)N(Cc2ccccc2)Cc2ccccc2)c1C. The minimum Gasteiger partial charge on any atom is -0.448 e. The number of hydrogen-bond acceptors (Lipinski definition) is 4. The van der Waals surface area contributed by atoms with Gasteiger partial charge in [0.25, 0.3) is 5.91 Å². The number of Topliss-reactive ketones (excluding diaryl/α,β-unsaturated/α-hetero) is 1. The van der Waals surface area contributed by atoms with E-state index in [4.69, 9.17) is 4.74 Å². The van der Waals surface area contributed by atoms with Crippen LogP contribution in [0.3, 0.4) is 0 Å². The Morgan fingerprint density at radius 2 is 1.41 bits per heavy atom. The number of aryl methyl sites for hydroxylation is 1. The van der Waals surface area contributed by atoms with Gasteiger partial charge in [0, 0.05) is 24.3 Å². The zero-order valence-electron chi connectivity index (χ0n) is 18.8. The molecule has 1 aromatic heterocycles. The Kier molecular flexibility index (Phi) is 7.25. The summed E-state index contributed by atoms with van der Waals surface area (Å²) in [5, 5.41) is 0. The van der Waals surface area contributed by atoms with Crippen LogP contribution in [0.25, 0.3) is 0 Å². The second-order valence-corrected chi connectivity index (χ2v) is 7.89. The summed E-state index contributed by atoms with van der Waals surface area (Å²) in [7, 11) is 0. The van der Waals surface area contributed by atoms with Gasteiger partial charge in [-0.05, 0) is 44.4 Å². The second kappa shape index (κ2) is 10.1. The molecule has 0 bridgehead atoms. The first-order valence-electron chi connectivity index (χ1n) is 10.6. The average Bonchev–Trinajstić information content (AvgIpc) is 3.08. The first-order chi connectivity index (χ1) is 15.3. The summed E-state index contributed by atoms with van der Waals surface area (Å²) in [5.41, 5.74) is 3.78. The van der Waals surface area contributed by atoms with Crippen LogP contribution in [-0.4, -0.2) is 33.6 Å². The molecule has 166 valence electrons. The summed E-state index contributed by atoms with van der Waals surface area (Å²) < 4.78 is 5.51. The van der Waals surface area contributed by atoms with E-state index in [1.165, 1.54) is 6.92 Å². The minimum absolute atomic E-state index is 0.128. The minimum atomic E-state index is -0.987. The number of amides is 1. The lowest BCUT2D eigenvalue weighted by molar-refractivity contribution is -0.141. The van der Waals surface area contributed by atoms with Gasteiger partial charge in [-0.3, -0.25) is 9.59 Å². The van der Waals surface area contributed by atoms with Gasteiger partial charge >= 0.3 is 5.97 Å². The number of benzene rings is 2. The molecule has 0 aliphatic heterocycles. The van der Waals surface area contributed by atoms with Crippen LogP contribution in [0, 0.1) is 13.8 Å². The van der Waals surface area contributed by atoms with Crippen molar-refractivity contribution in [3.05, 3.63) is 94.3 Å². The highest BCUT2D eigenvalue weighted by Crippen LogP contribution is 2.20. The molecular formula is C26H28N2O4. The zero-order valence-corrected chi connectivity index (χ0v) is 18.8. The maximum Gasteiger partial charge on any atom is 0.355 e. The van der Waals surface area contributed by atoms with Crippen LogP contribution in [0.1, 0.15) is 57.1 Å². The maximum absolute atomic E-state index is 13.3. The summed E-state index contributed by atoms with van der Waals surface area (Å²) >= 11 is 0. The molecule has 1 N–H and O–H groups in total. The van der Waals surface area contributed by atoms with Gasteiger partial charge in [-0.15, -0.1) is 0 Å². The van der Waals surface area contributed by atoms with E-state index in [1.807, 2.05) is 60.7 Å². The first kappa shape index (κ1) is 23.0. The highest BCUT2D eigenvalue weighted by molar-refractivity contribution is 6.01. The van der Waals surface area contributed by atoms with Crippen LogP contribution in [-0.2, 0) is 22.6 Å². The number of carbonyl (C=O) groups excluding carboxylic acids is 3. The third-order valence-electron chi connectivity index (χ3n) is 5.37. The Morgan fingerprint density at radius 3 is 1.84 bits per heavy atom. The third kappa shape index (κ3) is 5.32. The number of nitrogens with one attached hydrogen (secondary N) is 1. The number of H-pyrrole nitrogens is 1. The molecule has 32 heavy (non-hydrogen) atoms. The maximum atomic E-state index is 13.3. The monoisotopic (exact) mass is 432 g/mol. The van der Waals surface area contributed by atoms with Crippen LogP contribution in [0.5, 0.6) is 0 Å². The van der Waals surface area contributed by atoms with Crippen molar-refractivity contribution in [2.45, 2.75) is 46.9 Å². The number of rotatable bonds is 8. The van der Waals surface area contributed by atoms with Crippen LogP contribution in [0.4, 0.5) is 0 Å². The molecule has 0 radical (unpaired) electrons. The van der Waals surface area contributed by atoms with Crippen molar-refractivity contribution < 1.29 is 19.1 Å². The number of aromatic amines is 1. The number of aromatic nitrogens is 1. The van der Waals surface area contributed by atoms with Crippen molar-refractivity contribution in [3.63, 3.8) is 0 Å². The summed E-state index contributed by atoms with van der Waals surface area (Å²) in [6.45, 7) is 7.24. The molecule has 0 saturated heterocycles. The average molecular weight is 433 g/mol. The van der Waals surface area contributed by atoms with Crippen LogP contribution in [0.2, 0.25) is 0 Å². The lowest BCUT2D eigenvalue weighted by atomic mass is 10.1. The molecule has 0 aliphatic rings. The Labute approximate surface area is 188 Å². The smallest absolute Gasteiger partial charge is 0.355 e. The van der Waals surface area contributed by atoms with Gasteiger partial charge in [-0.1, -0.05) is 60.7 Å². The summed E-state index contributed by atoms with van der Waals surface area (Å²) in [6.07, 6.45) is -0.987. The highest BCUT2D eigenvalue weighted by atomic mass is 16.5. The van der Waals surface area contributed by atoms with Crippen molar-refractivity contribution in [2.75, 3.05) is 0 Å². The highest BCUT2D eigenvalue weighted by Gasteiger charge is 2.27. The van der Waals surface area contributed by atoms with Gasteiger partial charge in [0.2, 0.25) is 0 Å². The molecule has 1 amide bonds. The van der Waals surface area contributed by atoms with Crippen molar-refractivity contribution in [3.8, 4) is 0 Å². The molecule has 2 aromatic carbocycles. The molecule has 1 heterocycles. The summed E-state index contributed by atoms with van der Waals surface area (Å²) in [5.74, 6) is -1.08. The number of nitrogens with zero attached hydrogens (tertiary/aromatic N) is 1. The zero-order chi connectivity index (χ0) is 23.3. The Bertz CT molecular complexity index is 1060. The van der Waals surface area contributed by atoms with Crippen LogP contribution >= 0.6 is 0 Å². The fourth-order valence-corrected chi connectivity index (χ4v) is 3.83. The second-order valence-electron chi connectivity index (χ2n) is 7.89. The van der Waals surface area contributed by atoms with Crippen LogP contribution in [0.15, 0.2) is 60.7 Å². The van der Waals surface area contributed by atoms with E-state index < -0.39 is 12.1 Å². The molecule has 0 spiro atoms. The van der Waals surface area contributed by atoms with Crippen molar-refractivity contribution in [1.82, 2.24) is 9.88 Å². The van der Waals surface area contributed by atoms with Gasteiger partial charge in [0.1, 0.15) is 5.69 Å². The number of ketones is 1. The fourth-order valence-electron chi connectivity index (χ4n) is 3.83. The van der Waals surface area contributed by atoms with E-state index in [2.05, 4.69) is 4.98 Å². The quantitative estimate of drug-likeness (QED) is 0.416. The van der Waals surface area contributed by atoms with Gasteiger partial charge in [0.15, 0.2) is 11.9 Å². The van der Waals surface area contributed by atoms with E-state index in [9.17, 15) is 14.4 Å². The topological polar surface area (TPSA) is 79.5 Å². The molecule has 6 heteroatoms. The largest absolute Gasteiger partial charge is 0.448 e. The van der Waals surface area contributed by atoms with Gasteiger partial charge < -0.3 is 14.6 Å².